The molecule has 4 heteroatoms. The molecule has 1 aromatic heterocycles. The summed E-state index contributed by atoms with van der Waals surface area (Å²) in [6, 6.07) is 2.64. The van der Waals surface area contributed by atoms with Crippen molar-refractivity contribution < 1.29 is 4.74 Å². The van der Waals surface area contributed by atoms with Crippen molar-refractivity contribution in [1.82, 2.24) is 15.1 Å². The van der Waals surface area contributed by atoms with Crippen molar-refractivity contribution in [1.29, 1.82) is 0 Å². The maximum Gasteiger partial charge on any atom is 0.0625 e. The third kappa shape index (κ3) is 3.37. The predicted octanol–water partition coefficient (Wildman–Crippen LogP) is 2.54. The fraction of sp³-hybridized carbons (Fsp3) is 0.800. The van der Waals surface area contributed by atoms with E-state index in [0.29, 0.717) is 12.0 Å². The van der Waals surface area contributed by atoms with Gasteiger partial charge in [-0.15, -0.1) is 0 Å². The zero-order chi connectivity index (χ0) is 13.7. The molecule has 0 spiro atoms. The third-order valence-corrected chi connectivity index (χ3v) is 3.93. The largest absolute Gasteiger partial charge is 0.381 e. The second-order valence-electron chi connectivity index (χ2n) is 5.24. The molecule has 1 N–H and O–H groups in total. The molecular weight excluding hydrogens is 238 g/mol. The van der Waals surface area contributed by atoms with E-state index in [2.05, 4.69) is 41.9 Å². The van der Waals surface area contributed by atoms with Gasteiger partial charge in [0, 0.05) is 19.1 Å². The molecule has 2 atom stereocenters. The minimum absolute atomic E-state index is 0.373. The van der Waals surface area contributed by atoms with E-state index >= 15 is 0 Å². The number of hydrogen-bond donors (Lipinski definition) is 1. The number of rotatable bonds is 6. The number of nitrogens with zero attached hydrogens (tertiary/aromatic N) is 2. The van der Waals surface area contributed by atoms with Crippen LogP contribution in [0.1, 0.15) is 51.0 Å². The van der Waals surface area contributed by atoms with Crippen molar-refractivity contribution in [3.8, 4) is 0 Å². The van der Waals surface area contributed by atoms with Gasteiger partial charge in [-0.25, -0.2) is 0 Å². The van der Waals surface area contributed by atoms with Crippen LogP contribution < -0.4 is 5.32 Å². The van der Waals surface area contributed by atoms with Crippen LogP contribution in [0.2, 0.25) is 0 Å². The smallest absolute Gasteiger partial charge is 0.0625 e. The van der Waals surface area contributed by atoms with Crippen molar-refractivity contribution in [2.45, 2.75) is 52.6 Å². The van der Waals surface area contributed by atoms with E-state index in [1.807, 2.05) is 0 Å². The number of aryl methyl sites for hydroxylation is 2. The fourth-order valence-electron chi connectivity index (χ4n) is 2.92. The Labute approximate surface area is 116 Å². The van der Waals surface area contributed by atoms with Crippen LogP contribution in [0.3, 0.4) is 0 Å². The summed E-state index contributed by atoms with van der Waals surface area (Å²) in [5, 5.41) is 8.32. The normalized spacial score (nSPS) is 21.5. The summed E-state index contributed by atoms with van der Waals surface area (Å²) in [6.45, 7) is 10.2. The summed E-state index contributed by atoms with van der Waals surface area (Å²) in [6.07, 6.45) is 3.42. The topological polar surface area (TPSA) is 39.1 Å². The molecule has 2 rings (SSSR count). The third-order valence-electron chi connectivity index (χ3n) is 3.93. The standard InChI is InChI=1S/C15H27N3O/c1-4-13-10-14(18(6-3)17-13)15(16-5-2)12-8-7-9-19-11-12/h10,12,15-16H,4-9,11H2,1-3H3. The lowest BCUT2D eigenvalue weighted by molar-refractivity contribution is 0.0379. The van der Waals surface area contributed by atoms with Gasteiger partial charge < -0.3 is 10.1 Å². The monoisotopic (exact) mass is 265 g/mol. The molecule has 19 heavy (non-hydrogen) atoms. The first kappa shape index (κ1) is 14.5. The van der Waals surface area contributed by atoms with Gasteiger partial charge in [-0.3, -0.25) is 4.68 Å². The Morgan fingerprint density at radius 2 is 2.32 bits per heavy atom. The van der Waals surface area contributed by atoms with Gasteiger partial charge in [-0.1, -0.05) is 13.8 Å². The summed E-state index contributed by atoms with van der Waals surface area (Å²) in [4.78, 5) is 0. The molecule has 108 valence electrons. The van der Waals surface area contributed by atoms with Gasteiger partial charge >= 0.3 is 0 Å². The Morgan fingerprint density at radius 1 is 1.47 bits per heavy atom. The summed E-state index contributed by atoms with van der Waals surface area (Å²) >= 11 is 0. The predicted molar refractivity (Wildman–Crippen MR) is 77.2 cm³/mol. The molecular formula is C15H27N3O. The summed E-state index contributed by atoms with van der Waals surface area (Å²) < 4.78 is 7.82. The van der Waals surface area contributed by atoms with Gasteiger partial charge in [0.2, 0.25) is 0 Å². The molecule has 0 aromatic carbocycles. The van der Waals surface area contributed by atoms with Crippen molar-refractivity contribution in [3.05, 3.63) is 17.5 Å². The zero-order valence-corrected chi connectivity index (χ0v) is 12.5. The number of ether oxygens (including phenoxy) is 1. The van der Waals surface area contributed by atoms with E-state index < -0.39 is 0 Å². The van der Waals surface area contributed by atoms with Gasteiger partial charge in [0.05, 0.1) is 24.0 Å². The summed E-state index contributed by atoms with van der Waals surface area (Å²) in [5.41, 5.74) is 2.52. The highest BCUT2D eigenvalue weighted by molar-refractivity contribution is 5.16. The van der Waals surface area contributed by atoms with Crippen molar-refractivity contribution in [3.63, 3.8) is 0 Å². The Morgan fingerprint density at radius 3 is 2.89 bits per heavy atom. The summed E-state index contributed by atoms with van der Waals surface area (Å²) in [5.74, 6) is 0.570. The van der Waals surface area contributed by atoms with Gasteiger partial charge in [-0.05, 0) is 38.8 Å². The minimum Gasteiger partial charge on any atom is -0.381 e. The lowest BCUT2D eigenvalue weighted by atomic mass is 9.91. The van der Waals surface area contributed by atoms with Crippen LogP contribution in [-0.2, 0) is 17.7 Å². The maximum atomic E-state index is 5.67. The molecule has 0 bridgehead atoms. The molecule has 0 aliphatic carbocycles. The first-order chi connectivity index (χ1) is 9.30. The molecule has 1 fully saturated rings. The van der Waals surface area contributed by atoms with Gasteiger partial charge in [0.1, 0.15) is 0 Å². The minimum atomic E-state index is 0.373. The van der Waals surface area contributed by atoms with Crippen LogP contribution in [0.25, 0.3) is 0 Å². The molecule has 1 saturated heterocycles. The molecule has 1 aliphatic rings. The average molecular weight is 265 g/mol. The van der Waals surface area contributed by atoms with E-state index in [9.17, 15) is 0 Å². The lowest BCUT2D eigenvalue weighted by Gasteiger charge is -2.31. The number of aromatic nitrogens is 2. The second-order valence-corrected chi connectivity index (χ2v) is 5.24. The Kier molecular flexibility index (Phi) is 5.40. The molecule has 2 unspecified atom stereocenters. The molecule has 1 aliphatic heterocycles. The molecule has 0 amide bonds. The average Bonchev–Trinajstić information content (AvgIpc) is 2.88. The molecule has 0 saturated carbocycles. The van der Waals surface area contributed by atoms with Crippen LogP contribution in [-0.4, -0.2) is 29.5 Å². The molecule has 1 aromatic rings. The lowest BCUT2D eigenvalue weighted by Crippen LogP contribution is -2.34. The molecule has 4 nitrogen and oxygen atoms in total. The van der Waals surface area contributed by atoms with Crippen LogP contribution in [0, 0.1) is 5.92 Å². The van der Waals surface area contributed by atoms with Crippen LogP contribution >= 0.6 is 0 Å². The van der Waals surface area contributed by atoms with E-state index in [4.69, 9.17) is 4.74 Å². The van der Waals surface area contributed by atoms with Crippen LogP contribution in [0.5, 0.6) is 0 Å². The van der Waals surface area contributed by atoms with Gasteiger partial charge in [0.25, 0.3) is 0 Å². The highest BCUT2D eigenvalue weighted by atomic mass is 16.5. The van der Waals surface area contributed by atoms with Crippen LogP contribution in [0.15, 0.2) is 6.07 Å². The SMILES string of the molecule is CCNC(c1cc(CC)nn1CC)C1CCCOC1. The van der Waals surface area contributed by atoms with E-state index in [0.717, 1.165) is 32.7 Å². The van der Waals surface area contributed by atoms with Crippen LogP contribution in [0.4, 0.5) is 0 Å². The maximum absolute atomic E-state index is 5.67. The Balaban J connectivity index is 2.23. The molecule has 0 radical (unpaired) electrons. The van der Waals surface area contributed by atoms with E-state index in [1.165, 1.54) is 24.2 Å². The highest BCUT2D eigenvalue weighted by Crippen LogP contribution is 2.29. The van der Waals surface area contributed by atoms with Crippen molar-refractivity contribution in [2.24, 2.45) is 5.92 Å². The number of hydrogen-bond acceptors (Lipinski definition) is 3. The Bertz CT molecular complexity index is 383. The Hall–Kier alpha value is -0.870. The zero-order valence-electron chi connectivity index (χ0n) is 12.5. The highest BCUT2D eigenvalue weighted by Gasteiger charge is 2.27. The molecule has 2 heterocycles. The first-order valence-electron chi connectivity index (χ1n) is 7.67. The number of nitrogens with one attached hydrogen (secondary N) is 1. The fourth-order valence-corrected chi connectivity index (χ4v) is 2.92. The van der Waals surface area contributed by atoms with Gasteiger partial charge in [0.15, 0.2) is 0 Å². The first-order valence-corrected chi connectivity index (χ1v) is 7.67. The van der Waals surface area contributed by atoms with Crippen molar-refractivity contribution >= 4 is 0 Å². The van der Waals surface area contributed by atoms with E-state index in [-0.39, 0.29) is 0 Å². The summed E-state index contributed by atoms with van der Waals surface area (Å²) in [7, 11) is 0. The van der Waals surface area contributed by atoms with E-state index in [1.54, 1.807) is 0 Å². The second kappa shape index (κ2) is 7.06. The van der Waals surface area contributed by atoms with Crippen molar-refractivity contribution in [2.75, 3.05) is 19.8 Å². The quantitative estimate of drug-likeness (QED) is 0.859. The van der Waals surface area contributed by atoms with Gasteiger partial charge in [-0.2, -0.15) is 5.10 Å².